The minimum absolute atomic E-state index is 0.0373. The number of hydrogen-bond donors (Lipinski definition) is 1. The van der Waals surface area contributed by atoms with E-state index in [9.17, 15) is 9.18 Å². The molecule has 1 unspecified atom stereocenters. The van der Waals surface area contributed by atoms with Crippen LogP contribution in [-0.2, 0) is 20.8 Å². The Labute approximate surface area is 210 Å². The quantitative estimate of drug-likeness (QED) is 0.549. The van der Waals surface area contributed by atoms with E-state index in [2.05, 4.69) is 16.0 Å². The molecule has 2 aromatic heterocycles. The summed E-state index contributed by atoms with van der Waals surface area (Å²) in [5.41, 5.74) is 3.20. The summed E-state index contributed by atoms with van der Waals surface area (Å²) < 4.78 is 28.3. The van der Waals surface area contributed by atoms with Crippen molar-refractivity contribution in [1.82, 2.24) is 19.4 Å². The number of amides is 1. The zero-order valence-corrected chi connectivity index (χ0v) is 21.4. The largest absolute Gasteiger partial charge is 0.375 e. The Kier molecular flexibility index (Phi) is 6.94. The first-order valence-electron chi connectivity index (χ1n) is 12.6. The zero-order chi connectivity index (χ0) is 25.4. The highest BCUT2D eigenvalue weighted by Crippen LogP contribution is 2.40. The molecule has 192 valence electrons. The van der Waals surface area contributed by atoms with Gasteiger partial charge < -0.3 is 24.3 Å². The maximum absolute atomic E-state index is 14.8. The lowest BCUT2D eigenvalue weighted by molar-refractivity contribution is -0.137. The lowest BCUT2D eigenvalue weighted by Crippen LogP contribution is -2.42. The molecule has 2 atom stereocenters. The molecule has 0 saturated carbocycles. The number of nitrogens with one attached hydrogen (secondary N) is 1. The molecule has 5 rings (SSSR count). The van der Waals surface area contributed by atoms with E-state index in [-0.39, 0.29) is 30.5 Å². The van der Waals surface area contributed by atoms with Gasteiger partial charge in [0.25, 0.3) is 0 Å². The predicted molar refractivity (Wildman–Crippen MR) is 135 cm³/mol. The first-order valence-corrected chi connectivity index (χ1v) is 12.6. The Bertz CT molecular complexity index is 1270. The van der Waals surface area contributed by atoms with Crippen LogP contribution in [0, 0.1) is 25.6 Å². The first-order chi connectivity index (χ1) is 17.4. The Hall–Kier alpha value is -3.04. The van der Waals surface area contributed by atoms with Gasteiger partial charge in [0.05, 0.1) is 18.0 Å². The molecule has 2 aliphatic rings. The smallest absolute Gasteiger partial charge is 0.248 e. The average Bonchev–Trinajstić information content (AvgIpc) is 3.25. The van der Waals surface area contributed by atoms with Crippen molar-refractivity contribution in [2.75, 3.05) is 38.7 Å². The molecule has 2 aliphatic heterocycles. The summed E-state index contributed by atoms with van der Waals surface area (Å²) in [5, 5.41) is 4.36. The van der Waals surface area contributed by atoms with E-state index in [0.717, 1.165) is 36.1 Å². The summed E-state index contributed by atoms with van der Waals surface area (Å²) in [6, 6.07) is 7.32. The lowest BCUT2D eigenvalue weighted by Gasteiger charge is -2.38. The van der Waals surface area contributed by atoms with Crippen LogP contribution in [0.2, 0.25) is 0 Å². The van der Waals surface area contributed by atoms with E-state index in [1.54, 1.807) is 20.1 Å². The molecule has 3 aromatic rings. The third kappa shape index (κ3) is 4.57. The molecule has 8 nitrogen and oxygen atoms in total. The van der Waals surface area contributed by atoms with Gasteiger partial charge in [-0.25, -0.2) is 14.4 Å². The second kappa shape index (κ2) is 10.1. The van der Waals surface area contributed by atoms with Gasteiger partial charge in [-0.3, -0.25) is 4.79 Å². The van der Waals surface area contributed by atoms with E-state index >= 15 is 0 Å². The summed E-state index contributed by atoms with van der Waals surface area (Å²) >= 11 is 0. The number of fused-ring (bicyclic) bond motifs is 3. The second-order valence-electron chi connectivity index (χ2n) is 9.86. The fraction of sp³-hybridized carbons (Fsp3) is 0.519. The number of aromatic nitrogens is 3. The molecule has 0 spiro atoms. The molecule has 4 heterocycles. The van der Waals surface area contributed by atoms with Crippen molar-refractivity contribution in [2.24, 2.45) is 5.92 Å². The zero-order valence-electron chi connectivity index (χ0n) is 21.4. The number of methoxy groups -OCH3 is 1. The van der Waals surface area contributed by atoms with E-state index in [1.165, 1.54) is 0 Å². The van der Waals surface area contributed by atoms with Crippen LogP contribution in [0.15, 0.2) is 24.3 Å². The molecule has 1 saturated heterocycles. The molecule has 0 radical (unpaired) electrons. The van der Waals surface area contributed by atoms with Gasteiger partial charge in [-0.2, -0.15) is 0 Å². The third-order valence-electron chi connectivity index (χ3n) is 7.43. The van der Waals surface area contributed by atoms with Gasteiger partial charge >= 0.3 is 0 Å². The fourth-order valence-electron chi connectivity index (χ4n) is 5.52. The summed E-state index contributed by atoms with van der Waals surface area (Å²) in [6.07, 6.45) is 1.69. The molecule has 1 N–H and O–H groups in total. The third-order valence-corrected chi connectivity index (χ3v) is 7.43. The number of hydrogen-bond acceptors (Lipinski definition) is 6. The topological polar surface area (TPSA) is 81.5 Å². The van der Waals surface area contributed by atoms with E-state index in [4.69, 9.17) is 19.4 Å². The fourth-order valence-corrected chi connectivity index (χ4v) is 5.52. The van der Waals surface area contributed by atoms with Crippen molar-refractivity contribution in [3.63, 3.8) is 0 Å². The van der Waals surface area contributed by atoms with Crippen molar-refractivity contribution in [1.29, 1.82) is 0 Å². The molecule has 0 bridgehead atoms. The number of anilines is 1. The standard InChI is InChI=1S/C27H34FN5O3/c1-16-6-5-7-20(24(16)28)17(2)29-26-21-14-22-25(19-8-10-32(11-9-19)23(34)15-35-4)36-13-12-33(22)27(21)31-18(3)30-26/h5-7,14,17,19,25H,8-13,15H2,1-4H3,(H,29,30,31)/t17-,25?/m1/s1. The van der Waals surface area contributed by atoms with E-state index in [1.807, 2.05) is 30.9 Å². The number of benzene rings is 1. The van der Waals surface area contributed by atoms with Crippen LogP contribution in [0.5, 0.6) is 0 Å². The number of aryl methyl sites for hydroxylation is 2. The molecular weight excluding hydrogens is 461 g/mol. The molecular formula is C27H34FN5O3. The number of carbonyl (C=O) groups is 1. The van der Waals surface area contributed by atoms with E-state index < -0.39 is 0 Å². The SMILES string of the molecule is COCC(=O)N1CCC(C2OCCn3c2cc2c(N[C@H](C)c4cccc(C)c4F)nc(C)nc23)CC1. The minimum Gasteiger partial charge on any atom is -0.375 e. The van der Waals surface area contributed by atoms with Gasteiger partial charge in [0.1, 0.15) is 35.8 Å². The molecule has 36 heavy (non-hydrogen) atoms. The Morgan fingerprint density at radius 2 is 2.03 bits per heavy atom. The maximum atomic E-state index is 14.8. The normalized spacial score (nSPS) is 19.4. The lowest BCUT2D eigenvalue weighted by atomic mass is 9.89. The van der Waals surface area contributed by atoms with Crippen molar-refractivity contribution < 1.29 is 18.7 Å². The number of halogens is 1. The van der Waals surface area contributed by atoms with Gasteiger partial charge in [-0.15, -0.1) is 0 Å². The van der Waals surface area contributed by atoms with Crippen molar-refractivity contribution in [3.8, 4) is 0 Å². The van der Waals surface area contributed by atoms with Crippen molar-refractivity contribution in [3.05, 3.63) is 52.7 Å². The number of nitrogens with zero attached hydrogens (tertiary/aromatic N) is 4. The summed E-state index contributed by atoms with van der Waals surface area (Å²) in [6.45, 7) is 8.47. The number of likely N-dealkylation sites (tertiary alicyclic amines) is 1. The predicted octanol–water partition coefficient (Wildman–Crippen LogP) is 4.32. The van der Waals surface area contributed by atoms with Gasteiger partial charge in [0.15, 0.2) is 0 Å². The molecule has 1 amide bonds. The van der Waals surface area contributed by atoms with Crippen LogP contribution in [0.3, 0.4) is 0 Å². The highest BCUT2D eigenvalue weighted by atomic mass is 19.1. The summed E-state index contributed by atoms with van der Waals surface area (Å²) in [5.74, 6) is 1.52. The Morgan fingerprint density at radius 1 is 1.25 bits per heavy atom. The monoisotopic (exact) mass is 495 g/mol. The van der Waals surface area contributed by atoms with Crippen molar-refractivity contribution in [2.45, 2.75) is 52.3 Å². The van der Waals surface area contributed by atoms with Crippen LogP contribution < -0.4 is 5.32 Å². The van der Waals surface area contributed by atoms with Crippen LogP contribution in [0.1, 0.15) is 54.6 Å². The van der Waals surface area contributed by atoms with Gasteiger partial charge in [0, 0.05) is 38.0 Å². The average molecular weight is 496 g/mol. The Balaban J connectivity index is 1.43. The van der Waals surface area contributed by atoms with Crippen LogP contribution in [0.4, 0.5) is 10.2 Å². The number of carbonyl (C=O) groups excluding carboxylic acids is 1. The van der Waals surface area contributed by atoms with Gasteiger partial charge in [-0.1, -0.05) is 18.2 Å². The van der Waals surface area contributed by atoms with Crippen molar-refractivity contribution >= 4 is 22.8 Å². The Morgan fingerprint density at radius 3 is 2.78 bits per heavy atom. The van der Waals surface area contributed by atoms with Crippen LogP contribution >= 0.6 is 0 Å². The number of ether oxygens (including phenoxy) is 2. The molecule has 9 heteroatoms. The molecule has 0 aliphatic carbocycles. The summed E-state index contributed by atoms with van der Waals surface area (Å²) in [7, 11) is 1.55. The highest BCUT2D eigenvalue weighted by Gasteiger charge is 2.35. The number of piperidine rings is 1. The second-order valence-corrected chi connectivity index (χ2v) is 9.86. The van der Waals surface area contributed by atoms with Gasteiger partial charge in [0.2, 0.25) is 5.91 Å². The highest BCUT2D eigenvalue weighted by molar-refractivity contribution is 5.89. The van der Waals surface area contributed by atoms with E-state index in [0.29, 0.717) is 48.4 Å². The van der Waals surface area contributed by atoms with Gasteiger partial charge in [-0.05, 0) is 51.2 Å². The minimum atomic E-state index is -0.264. The molecule has 1 fully saturated rings. The number of rotatable bonds is 6. The maximum Gasteiger partial charge on any atom is 0.248 e. The summed E-state index contributed by atoms with van der Waals surface area (Å²) in [4.78, 5) is 23.6. The van der Waals surface area contributed by atoms with Crippen LogP contribution in [0.25, 0.3) is 11.0 Å². The first kappa shape index (κ1) is 24.6. The van der Waals surface area contributed by atoms with Crippen LogP contribution in [-0.4, -0.2) is 58.8 Å². The molecule has 1 aromatic carbocycles.